The molecule has 0 aromatic heterocycles. The molecule has 1 aromatic carbocycles. The number of methoxy groups -OCH3 is 1. The molecule has 1 heterocycles. The minimum atomic E-state index is -0.0215. The molecule has 0 bridgehead atoms. The van der Waals surface area contributed by atoms with Crippen molar-refractivity contribution in [1.82, 2.24) is 4.90 Å². The molecular formula is C16H24N2O2. The lowest BCUT2D eigenvalue weighted by Crippen LogP contribution is -2.42. The Morgan fingerprint density at radius 2 is 2.25 bits per heavy atom. The van der Waals surface area contributed by atoms with Gasteiger partial charge in [0.2, 0.25) is 5.91 Å². The molecule has 20 heavy (non-hydrogen) atoms. The van der Waals surface area contributed by atoms with Crippen LogP contribution in [0.3, 0.4) is 0 Å². The first-order chi connectivity index (χ1) is 9.67. The third kappa shape index (κ3) is 3.19. The van der Waals surface area contributed by atoms with Gasteiger partial charge in [-0.25, -0.2) is 0 Å². The molecule has 4 heteroatoms. The van der Waals surface area contributed by atoms with Crippen molar-refractivity contribution in [3.63, 3.8) is 0 Å². The molecule has 1 aromatic rings. The Morgan fingerprint density at radius 3 is 2.95 bits per heavy atom. The Balaban J connectivity index is 2.34. The molecule has 2 atom stereocenters. The van der Waals surface area contributed by atoms with Gasteiger partial charge >= 0.3 is 0 Å². The van der Waals surface area contributed by atoms with Crippen LogP contribution in [-0.2, 0) is 16.1 Å². The predicted molar refractivity (Wildman–Crippen MR) is 79.1 cm³/mol. The minimum absolute atomic E-state index is 0.000745. The number of amides is 1. The number of likely N-dealkylation sites (tertiary alicyclic amines) is 1. The first-order valence-electron chi connectivity index (χ1n) is 7.30. The van der Waals surface area contributed by atoms with E-state index in [-0.39, 0.29) is 18.0 Å². The molecule has 0 spiro atoms. The lowest BCUT2D eigenvalue weighted by molar-refractivity contribution is -0.133. The van der Waals surface area contributed by atoms with Crippen LogP contribution >= 0.6 is 0 Å². The summed E-state index contributed by atoms with van der Waals surface area (Å²) < 4.78 is 5.18. The number of nitrogens with two attached hydrogens (primary N) is 1. The van der Waals surface area contributed by atoms with Gasteiger partial charge in [0.25, 0.3) is 0 Å². The van der Waals surface area contributed by atoms with Crippen molar-refractivity contribution in [3.05, 3.63) is 35.4 Å². The van der Waals surface area contributed by atoms with Crippen molar-refractivity contribution >= 4 is 5.91 Å². The van der Waals surface area contributed by atoms with Crippen LogP contribution in [0.5, 0.6) is 0 Å². The topological polar surface area (TPSA) is 55.6 Å². The van der Waals surface area contributed by atoms with Gasteiger partial charge in [0.15, 0.2) is 0 Å². The first-order valence-corrected chi connectivity index (χ1v) is 7.30. The maximum atomic E-state index is 12.2. The Kier molecular flexibility index (Phi) is 5.15. The second-order valence-corrected chi connectivity index (χ2v) is 5.36. The van der Waals surface area contributed by atoms with Gasteiger partial charge in [0, 0.05) is 26.1 Å². The smallest absolute Gasteiger partial charge is 0.223 e. The monoisotopic (exact) mass is 276 g/mol. The average molecular weight is 276 g/mol. The van der Waals surface area contributed by atoms with E-state index in [1.165, 1.54) is 0 Å². The number of rotatable bonds is 4. The summed E-state index contributed by atoms with van der Waals surface area (Å²) in [5, 5.41) is 0. The second kappa shape index (κ2) is 6.86. The van der Waals surface area contributed by atoms with E-state index in [1.54, 1.807) is 7.11 Å². The summed E-state index contributed by atoms with van der Waals surface area (Å²) in [5.41, 5.74) is 8.57. The van der Waals surface area contributed by atoms with Gasteiger partial charge in [-0.2, -0.15) is 0 Å². The maximum Gasteiger partial charge on any atom is 0.223 e. The van der Waals surface area contributed by atoms with Gasteiger partial charge in [0.1, 0.15) is 0 Å². The molecular weight excluding hydrogens is 252 g/mol. The van der Waals surface area contributed by atoms with Crippen molar-refractivity contribution in [1.29, 1.82) is 0 Å². The van der Waals surface area contributed by atoms with Gasteiger partial charge in [-0.1, -0.05) is 24.3 Å². The Labute approximate surface area is 120 Å². The quantitative estimate of drug-likeness (QED) is 0.917. The average Bonchev–Trinajstić information content (AvgIpc) is 2.58. The highest BCUT2D eigenvalue weighted by Crippen LogP contribution is 2.30. The number of likely N-dealkylation sites (N-methyl/N-ethyl adjacent to an activating group) is 1. The van der Waals surface area contributed by atoms with Crippen molar-refractivity contribution in [2.24, 2.45) is 5.73 Å². The predicted octanol–water partition coefficient (Wildman–Crippen LogP) is 2.23. The molecule has 110 valence electrons. The molecule has 2 unspecified atom stereocenters. The number of benzene rings is 1. The molecule has 1 saturated heterocycles. The molecule has 4 nitrogen and oxygen atoms in total. The fraction of sp³-hybridized carbons (Fsp3) is 0.562. The van der Waals surface area contributed by atoms with Crippen LogP contribution in [0, 0.1) is 0 Å². The molecule has 1 amide bonds. The van der Waals surface area contributed by atoms with Crippen molar-refractivity contribution in [2.45, 2.75) is 44.9 Å². The Morgan fingerprint density at radius 1 is 1.45 bits per heavy atom. The van der Waals surface area contributed by atoms with Crippen molar-refractivity contribution in [2.75, 3.05) is 13.7 Å². The zero-order valence-corrected chi connectivity index (χ0v) is 12.3. The SMILES string of the molecule is CCN1C(=O)CCCC(N)C1c1cccc(COC)c1. The number of nitrogens with zero attached hydrogens (tertiary/aromatic N) is 1. The molecule has 2 rings (SSSR count). The Hall–Kier alpha value is -1.39. The van der Waals surface area contributed by atoms with E-state index in [9.17, 15) is 4.79 Å². The largest absolute Gasteiger partial charge is 0.380 e. The van der Waals surface area contributed by atoms with Crippen LogP contribution in [0.2, 0.25) is 0 Å². The summed E-state index contributed by atoms with van der Waals surface area (Å²) in [4.78, 5) is 14.2. The zero-order chi connectivity index (χ0) is 14.5. The van der Waals surface area contributed by atoms with E-state index in [0.29, 0.717) is 19.6 Å². The van der Waals surface area contributed by atoms with Crippen LogP contribution in [0.1, 0.15) is 43.4 Å². The summed E-state index contributed by atoms with van der Waals surface area (Å²) in [7, 11) is 1.69. The molecule has 2 N–H and O–H groups in total. The van der Waals surface area contributed by atoms with Crippen molar-refractivity contribution < 1.29 is 9.53 Å². The van der Waals surface area contributed by atoms with E-state index < -0.39 is 0 Å². The van der Waals surface area contributed by atoms with Gasteiger partial charge in [-0.3, -0.25) is 4.79 Å². The highest BCUT2D eigenvalue weighted by atomic mass is 16.5. The second-order valence-electron chi connectivity index (χ2n) is 5.36. The third-order valence-corrected chi connectivity index (χ3v) is 3.93. The van der Waals surface area contributed by atoms with E-state index >= 15 is 0 Å². The van der Waals surface area contributed by atoms with Gasteiger partial charge < -0.3 is 15.4 Å². The molecule has 0 aliphatic carbocycles. The fourth-order valence-corrected chi connectivity index (χ4v) is 3.01. The van der Waals surface area contributed by atoms with Crippen LogP contribution in [-0.4, -0.2) is 30.5 Å². The molecule has 0 saturated carbocycles. The summed E-state index contributed by atoms with van der Waals surface area (Å²) in [5.74, 6) is 0.211. The highest BCUT2D eigenvalue weighted by molar-refractivity contribution is 5.77. The van der Waals surface area contributed by atoms with Crippen molar-refractivity contribution in [3.8, 4) is 0 Å². The van der Waals surface area contributed by atoms with Crippen LogP contribution < -0.4 is 5.73 Å². The fourth-order valence-electron chi connectivity index (χ4n) is 3.01. The van der Waals surface area contributed by atoms with Crippen LogP contribution in [0.25, 0.3) is 0 Å². The standard InChI is InChI=1S/C16H24N2O2/c1-3-18-15(19)9-5-8-14(17)16(18)13-7-4-6-12(10-13)11-20-2/h4,6-7,10,14,16H,3,5,8-9,11,17H2,1-2H3. The van der Waals surface area contributed by atoms with E-state index in [0.717, 1.165) is 24.0 Å². The normalized spacial score (nSPS) is 23.8. The lowest BCUT2D eigenvalue weighted by Gasteiger charge is -2.33. The summed E-state index contributed by atoms with van der Waals surface area (Å²) >= 11 is 0. The van der Waals surface area contributed by atoms with E-state index in [2.05, 4.69) is 12.1 Å². The molecule has 0 radical (unpaired) electrons. The van der Waals surface area contributed by atoms with Crippen LogP contribution in [0.15, 0.2) is 24.3 Å². The molecule has 1 fully saturated rings. The van der Waals surface area contributed by atoms with Crippen LogP contribution in [0.4, 0.5) is 0 Å². The number of ether oxygens (including phenoxy) is 1. The lowest BCUT2D eigenvalue weighted by atomic mass is 9.95. The third-order valence-electron chi connectivity index (χ3n) is 3.93. The molecule has 1 aliphatic heterocycles. The summed E-state index contributed by atoms with van der Waals surface area (Å²) in [6.07, 6.45) is 2.38. The van der Waals surface area contributed by atoms with Gasteiger partial charge in [-0.15, -0.1) is 0 Å². The minimum Gasteiger partial charge on any atom is -0.380 e. The van der Waals surface area contributed by atoms with Gasteiger partial charge in [0.05, 0.1) is 12.6 Å². The highest BCUT2D eigenvalue weighted by Gasteiger charge is 2.31. The number of carbonyl (C=O) groups excluding carboxylic acids is 1. The summed E-state index contributed by atoms with van der Waals surface area (Å²) in [6.45, 7) is 3.30. The van der Waals surface area contributed by atoms with E-state index in [4.69, 9.17) is 10.5 Å². The zero-order valence-electron chi connectivity index (χ0n) is 12.3. The number of carbonyl (C=O) groups is 1. The number of hydrogen-bond acceptors (Lipinski definition) is 3. The number of hydrogen-bond donors (Lipinski definition) is 1. The Bertz CT molecular complexity index is 462. The maximum absolute atomic E-state index is 12.2. The summed E-state index contributed by atoms with van der Waals surface area (Å²) in [6, 6.07) is 8.19. The van der Waals surface area contributed by atoms with E-state index in [1.807, 2.05) is 24.0 Å². The van der Waals surface area contributed by atoms with Gasteiger partial charge in [-0.05, 0) is 30.9 Å². The molecule has 1 aliphatic rings. The first kappa shape index (κ1) is 15.0.